The number of rotatable bonds is 7. The topological polar surface area (TPSA) is 41.1 Å². The summed E-state index contributed by atoms with van der Waals surface area (Å²) >= 11 is 0. The van der Waals surface area contributed by atoms with Crippen molar-refractivity contribution in [2.45, 2.75) is 65.5 Å². The summed E-state index contributed by atoms with van der Waals surface area (Å²) in [4.78, 5) is 11.3. The fourth-order valence-electron chi connectivity index (χ4n) is 1.62. The largest absolute Gasteiger partial charge is 0.354 e. The van der Waals surface area contributed by atoms with Crippen molar-refractivity contribution < 1.29 is 4.79 Å². The molecule has 0 saturated carbocycles. The summed E-state index contributed by atoms with van der Waals surface area (Å²) < 4.78 is 0. The van der Waals surface area contributed by atoms with Crippen molar-refractivity contribution in [2.24, 2.45) is 0 Å². The van der Waals surface area contributed by atoms with Crippen LogP contribution in [0.3, 0.4) is 0 Å². The number of nitrogens with one attached hydrogen (secondary N) is 2. The van der Waals surface area contributed by atoms with Crippen LogP contribution in [0.4, 0.5) is 0 Å². The molecule has 2 N–H and O–H groups in total. The fraction of sp³-hybridized carbons (Fsp3) is 0.917. The lowest BCUT2D eigenvalue weighted by Gasteiger charge is -2.25. The summed E-state index contributed by atoms with van der Waals surface area (Å²) in [6.45, 7) is 11.2. The fourth-order valence-corrected chi connectivity index (χ4v) is 1.62. The maximum absolute atomic E-state index is 11.3. The molecule has 1 amide bonds. The molecule has 3 nitrogen and oxygen atoms in total. The lowest BCUT2D eigenvalue weighted by Crippen LogP contribution is -2.41. The van der Waals surface area contributed by atoms with Crippen molar-refractivity contribution in [3.8, 4) is 0 Å². The highest BCUT2D eigenvalue weighted by molar-refractivity contribution is 5.76. The Labute approximate surface area is 94.0 Å². The zero-order valence-corrected chi connectivity index (χ0v) is 10.8. The molecule has 0 fully saturated rings. The highest BCUT2D eigenvalue weighted by Gasteiger charge is 2.15. The molecular weight excluding hydrogens is 188 g/mol. The average molecular weight is 214 g/mol. The van der Waals surface area contributed by atoms with E-state index in [1.807, 2.05) is 13.8 Å². The van der Waals surface area contributed by atoms with E-state index in [1.165, 1.54) is 0 Å². The molecule has 0 aliphatic rings. The van der Waals surface area contributed by atoms with Gasteiger partial charge in [0.25, 0.3) is 0 Å². The van der Waals surface area contributed by atoms with E-state index in [1.54, 1.807) is 0 Å². The lowest BCUT2D eigenvalue weighted by atomic mass is 9.99. The van der Waals surface area contributed by atoms with Gasteiger partial charge in [-0.1, -0.05) is 13.3 Å². The Morgan fingerprint density at radius 3 is 2.40 bits per heavy atom. The van der Waals surface area contributed by atoms with Crippen LogP contribution < -0.4 is 10.6 Å². The van der Waals surface area contributed by atoms with E-state index in [2.05, 4.69) is 31.4 Å². The highest BCUT2D eigenvalue weighted by Crippen LogP contribution is 2.10. The van der Waals surface area contributed by atoms with Crippen molar-refractivity contribution in [3.05, 3.63) is 0 Å². The second-order valence-corrected chi connectivity index (χ2v) is 5.03. The molecule has 0 aromatic carbocycles. The predicted octanol–water partition coefficient (Wildman–Crippen LogP) is 2.07. The van der Waals surface area contributed by atoms with E-state index in [0.29, 0.717) is 6.42 Å². The van der Waals surface area contributed by atoms with Gasteiger partial charge in [0, 0.05) is 24.5 Å². The van der Waals surface area contributed by atoms with Crippen molar-refractivity contribution in [2.75, 3.05) is 6.54 Å². The third kappa shape index (κ3) is 8.43. The Morgan fingerprint density at radius 2 is 1.93 bits per heavy atom. The van der Waals surface area contributed by atoms with E-state index in [4.69, 9.17) is 0 Å². The van der Waals surface area contributed by atoms with Gasteiger partial charge in [-0.05, 0) is 34.1 Å². The molecule has 0 aromatic rings. The molecule has 0 heterocycles. The van der Waals surface area contributed by atoms with Crippen LogP contribution in [-0.4, -0.2) is 24.0 Å². The van der Waals surface area contributed by atoms with Crippen molar-refractivity contribution >= 4 is 5.91 Å². The predicted molar refractivity (Wildman–Crippen MR) is 64.9 cm³/mol. The first kappa shape index (κ1) is 14.4. The molecule has 90 valence electrons. The molecule has 0 radical (unpaired) electrons. The maximum atomic E-state index is 11.3. The second kappa shape index (κ2) is 6.83. The SMILES string of the molecule is CCCC(C)(C)NCCC(=O)NC(C)C. The molecule has 0 rings (SSSR count). The number of hydrogen-bond acceptors (Lipinski definition) is 2. The standard InChI is InChI=1S/C12H26N2O/c1-6-8-12(4,5)13-9-7-11(15)14-10(2)3/h10,13H,6-9H2,1-5H3,(H,14,15). The minimum Gasteiger partial charge on any atom is -0.354 e. The summed E-state index contributed by atoms with van der Waals surface area (Å²) in [5, 5.41) is 6.29. The van der Waals surface area contributed by atoms with E-state index in [-0.39, 0.29) is 17.5 Å². The highest BCUT2D eigenvalue weighted by atomic mass is 16.1. The van der Waals surface area contributed by atoms with Gasteiger partial charge in [0.05, 0.1) is 0 Å². The van der Waals surface area contributed by atoms with Crippen LogP contribution in [0.15, 0.2) is 0 Å². The zero-order chi connectivity index (χ0) is 11.9. The van der Waals surface area contributed by atoms with Gasteiger partial charge in [-0.3, -0.25) is 4.79 Å². The molecule has 0 saturated heterocycles. The summed E-state index contributed by atoms with van der Waals surface area (Å²) in [6.07, 6.45) is 2.86. The summed E-state index contributed by atoms with van der Waals surface area (Å²) in [7, 11) is 0. The first-order valence-electron chi connectivity index (χ1n) is 5.92. The van der Waals surface area contributed by atoms with E-state index in [9.17, 15) is 4.79 Å². The molecule has 0 bridgehead atoms. The Hall–Kier alpha value is -0.570. The minimum atomic E-state index is 0.129. The Kier molecular flexibility index (Phi) is 6.57. The minimum absolute atomic E-state index is 0.129. The van der Waals surface area contributed by atoms with Crippen LogP contribution in [0.2, 0.25) is 0 Å². The zero-order valence-electron chi connectivity index (χ0n) is 10.8. The molecule has 15 heavy (non-hydrogen) atoms. The maximum Gasteiger partial charge on any atom is 0.221 e. The smallest absolute Gasteiger partial charge is 0.221 e. The van der Waals surface area contributed by atoms with Crippen molar-refractivity contribution in [3.63, 3.8) is 0 Å². The van der Waals surface area contributed by atoms with Crippen LogP contribution in [0.1, 0.15) is 53.9 Å². The molecule has 0 aromatic heterocycles. The molecule has 0 aliphatic heterocycles. The first-order chi connectivity index (χ1) is 6.87. The molecule has 0 atom stereocenters. The van der Waals surface area contributed by atoms with Crippen LogP contribution in [0.25, 0.3) is 0 Å². The number of carbonyl (C=O) groups excluding carboxylic acids is 1. The van der Waals surface area contributed by atoms with E-state index < -0.39 is 0 Å². The molecule has 0 unspecified atom stereocenters. The van der Waals surface area contributed by atoms with Crippen molar-refractivity contribution in [1.29, 1.82) is 0 Å². The van der Waals surface area contributed by atoms with Gasteiger partial charge in [-0.15, -0.1) is 0 Å². The molecule has 0 spiro atoms. The Morgan fingerprint density at radius 1 is 1.33 bits per heavy atom. The quantitative estimate of drug-likeness (QED) is 0.681. The average Bonchev–Trinajstić information content (AvgIpc) is 2.01. The van der Waals surface area contributed by atoms with E-state index >= 15 is 0 Å². The Balaban J connectivity index is 3.65. The third-order valence-electron chi connectivity index (χ3n) is 2.28. The summed E-state index contributed by atoms with van der Waals surface area (Å²) in [5.74, 6) is 0.129. The van der Waals surface area contributed by atoms with Crippen LogP contribution in [0.5, 0.6) is 0 Å². The summed E-state index contributed by atoms with van der Waals surface area (Å²) in [5.41, 5.74) is 0.146. The van der Waals surface area contributed by atoms with Gasteiger partial charge in [0.15, 0.2) is 0 Å². The van der Waals surface area contributed by atoms with Crippen molar-refractivity contribution in [1.82, 2.24) is 10.6 Å². The van der Waals surface area contributed by atoms with Crippen LogP contribution in [-0.2, 0) is 4.79 Å². The second-order valence-electron chi connectivity index (χ2n) is 5.03. The summed E-state index contributed by atoms with van der Waals surface area (Å²) in [6, 6.07) is 0.237. The molecular formula is C12H26N2O. The van der Waals surface area contributed by atoms with Gasteiger partial charge in [0.1, 0.15) is 0 Å². The van der Waals surface area contributed by atoms with Gasteiger partial charge in [-0.25, -0.2) is 0 Å². The van der Waals surface area contributed by atoms with E-state index in [0.717, 1.165) is 19.4 Å². The van der Waals surface area contributed by atoms with Gasteiger partial charge < -0.3 is 10.6 Å². The monoisotopic (exact) mass is 214 g/mol. The van der Waals surface area contributed by atoms with Gasteiger partial charge in [-0.2, -0.15) is 0 Å². The van der Waals surface area contributed by atoms with Gasteiger partial charge >= 0.3 is 0 Å². The van der Waals surface area contributed by atoms with Gasteiger partial charge in [0.2, 0.25) is 5.91 Å². The first-order valence-corrected chi connectivity index (χ1v) is 5.92. The third-order valence-corrected chi connectivity index (χ3v) is 2.28. The number of carbonyl (C=O) groups is 1. The van der Waals surface area contributed by atoms with Crippen LogP contribution in [0, 0.1) is 0 Å². The Bertz CT molecular complexity index is 188. The number of hydrogen-bond donors (Lipinski definition) is 2. The lowest BCUT2D eigenvalue weighted by molar-refractivity contribution is -0.121. The number of amides is 1. The molecule has 0 aliphatic carbocycles. The molecule has 3 heteroatoms. The van der Waals surface area contributed by atoms with Crippen LogP contribution >= 0.6 is 0 Å². The normalized spacial score (nSPS) is 11.9.